The van der Waals surface area contributed by atoms with Crippen molar-refractivity contribution in [1.82, 2.24) is 9.55 Å². The fraction of sp³-hybridized carbons (Fsp3) is 0.0714. The van der Waals surface area contributed by atoms with Gasteiger partial charge in [-0.15, -0.1) is 6.42 Å². The lowest BCUT2D eigenvalue weighted by Crippen LogP contribution is -2.23. The lowest BCUT2D eigenvalue weighted by molar-refractivity contribution is 0.102. The van der Waals surface area contributed by atoms with Gasteiger partial charge in [0.1, 0.15) is 17.1 Å². The highest BCUT2D eigenvalue weighted by Gasteiger charge is 2.32. The maximum Gasteiger partial charge on any atom is 0.212 e. The van der Waals surface area contributed by atoms with Gasteiger partial charge in [0.2, 0.25) is 5.78 Å². The zero-order valence-electron chi connectivity index (χ0n) is 9.87. The van der Waals surface area contributed by atoms with Crippen molar-refractivity contribution in [2.75, 3.05) is 0 Å². The van der Waals surface area contributed by atoms with E-state index in [0.29, 0.717) is 28.2 Å². The maximum absolute atomic E-state index is 12.5. The molecule has 19 heavy (non-hydrogen) atoms. The Morgan fingerprint density at radius 1 is 1.37 bits per heavy atom. The third-order valence-corrected chi connectivity index (χ3v) is 3.07. The third kappa shape index (κ3) is 1.47. The van der Waals surface area contributed by atoms with Gasteiger partial charge in [-0.25, -0.2) is 4.98 Å². The van der Waals surface area contributed by atoms with E-state index in [0.717, 1.165) is 0 Å². The first-order valence-electron chi connectivity index (χ1n) is 5.63. The van der Waals surface area contributed by atoms with Crippen LogP contribution in [0.25, 0.3) is 0 Å². The summed E-state index contributed by atoms with van der Waals surface area (Å²) in [5, 5.41) is 12.5. The summed E-state index contributed by atoms with van der Waals surface area (Å²) in [6, 6.07) is 6.96. The van der Waals surface area contributed by atoms with Crippen molar-refractivity contribution < 1.29 is 10.0 Å². The number of benzene rings is 1. The molecule has 0 unspecified atom stereocenters. The Bertz CT molecular complexity index is 750. The molecule has 0 bridgehead atoms. The fourth-order valence-electron chi connectivity index (χ4n) is 2.26. The first-order chi connectivity index (χ1) is 9.27. The Morgan fingerprint density at radius 2 is 2.11 bits per heavy atom. The first kappa shape index (κ1) is 11.2. The number of oxime groups is 1. The summed E-state index contributed by atoms with van der Waals surface area (Å²) in [7, 11) is 0. The topological polar surface area (TPSA) is 67.5 Å². The minimum Gasteiger partial charge on any atom is -0.410 e. The molecule has 0 atom stereocenters. The molecular formula is C14H9N3O2. The number of carbonyl (C=O) groups excluding carboxylic acids is 1. The van der Waals surface area contributed by atoms with Gasteiger partial charge >= 0.3 is 0 Å². The Labute approximate surface area is 109 Å². The van der Waals surface area contributed by atoms with E-state index in [1.54, 1.807) is 28.8 Å². The van der Waals surface area contributed by atoms with Crippen LogP contribution in [0.5, 0.6) is 0 Å². The molecule has 1 heterocycles. The maximum atomic E-state index is 12.5. The van der Waals surface area contributed by atoms with E-state index in [1.807, 2.05) is 0 Å². The van der Waals surface area contributed by atoms with Gasteiger partial charge in [0.15, 0.2) is 0 Å². The van der Waals surface area contributed by atoms with Gasteiger partial charge in [0.05, 0.1) is 12.9 Å². The highest BCUT2D eigenvalue weighted by Crippen LogP contribution is 2.26. The predicted molar refractivity (Wildman–Crippen MR) is 68.4 cm³/mol. The highest BCUT2D eigenvalue weighted by molar-refractivity contribution is 6.28. The van der Waals surface area contributed by atoms with Crippen LogP contribution in [0.3, 0.4) is 0 Å². The molecule has 0 saturated heterocycles. The molecule has 1 aromatic carbocycles. The molecule has 1 aliphatic carbocycles. The molecule has 1 N–H and O–H groups in total. The summed E-state index contributed by atoms with van der Waals surface area (Å²) < 4.78 is 1.58. The van der Waals surface area contributed by atoms with Crippen LogP contribution in [0.2, 0.25) is 0 Å². The molecule has 0 saturated carbocycles. The van der Waals surface area contributed by atoms with Crippen LogP contribution in [0.1, 0.15) is 27.3 Å². The van der Waals surface area contributed by atoms with Crippen LogP contribution in [0.15, 0.2) is 35.7 Å². The smallest absolute Gasteiger partial charge is 0.212 e. The predicted octanol–water partition coefficient (Wildman–Crippen LogP) is 1.29. The average Bonchev–Trinajstić information content (AvgIpc) is 2.84. The summed E-state index contributed by atoms with van der Waals surface area (Å²) >= 11 is 0. The summed E-state index contributed by atoms with van der Waals surface area (Å²) in [6.45, 7) is 0.245. The molecule has 0 amide bonds. The number of fused-ring (bicyclic) bond motifs is 2. The minimum absolute atomic E-state index is 0.161. The van der Waals surface area contributed by atoms with Gasteiger partial charge in [-0.2, -0.15) is 0 Å². The van der Waals surface area contributed by atoms with Crippen molar-refractivity contribution >= 4 is 11.5 Å². The van der Waals surface area contributed by atoms with Crippen molar-refractivity contribution in [3.05, 3.63) is 53.1 Å². The van der Waals surface area contributed by atoms with E-state index >= 15 is 0 Å². The number of terminal acetylenes is 1. The fourth-order valence-corrected chi connectivity index (χ4v) is 2.26. The number of imidazole rings is 1. The highest BCUT2D eigenvalue weighted by atomic mass is 16.4. The number of aromatic nitrogens is 2. The molecule has 5 nitrogen and oxygen atoms in total. The Hall–Kier alpha value is -2.87. The number of ketones is 1. The average molecular weight is 251 g/mol. The molecule has 3 rings (SSSR count). The second-order valence-electron chi connectivity index (χ2n) is 4.10. The lowest BCUT2D eigenvalue weighted by atomic mass is 9.89. The molecule has 92 valence electrons. The van der Waals surface area contributed by atoms with Crippen LogP contribution in [-0.2, 0) is 6.54 Å². The van der Waals surface area contributed by atoms with E-state index < -0.39 is 0 Å². The Kier molecular flexibility index (Phi) is 2.43. The van der Waals surface area contributed by atoms with Gasteiger partial charge in [0.25, 0.3) is 0 Å². The zero-order valence-corrected chi connectivity index (χ0v) is 9.87. The molecule has 5 heteroatoms. The van der Waals surface area contributed by atoms with Crippen molar-refractivity contribution in [1.29, 1.82) is 0 Å². The van der Waals surface area contributed by atoms with E-state index in [4.69, 9.17) is 6.42 Å². The Morgan fingerprint density at radius 3 is 2.79 bits per heavy atom. The van der Waals surface area contributed by atoms with Gasteiger partial charge < -0.3 is 9.77 Å². The monoisotopic (exact) mass is 251 g/mol. The van der Waals surface area contributed by atoms with Crippen LogP contribution in [0, 0.1) is 12.3 Å². The molecule has 0 radical (unpaired) electrons. The normalized spacial score (nSPS) is 14.9. The molecule has 2 aromatic rings. The first-order valence-corrected chi connectivity index (χ1v) is 5.63. The van der Waals surface area contributed by atoms with Crippen molar-refractivity contribution in [2.24, 2.45) is 5.16 Å². The van der Waals surface area contributed by atoms with Crippen molar-refractivity contribution in [3.63, 3.8) is 0 Å². The van der Waals surface area contributed by atoms with Crippen LogP contribution in [-0.4, -0.2) is 26.3 Å². The van der Waals surface area contributed by atoms with Gasteiger partial charge in [-0.1, -0.05) is 35.3 Å². The summed E-state index contributed by atoms with van der Waals surface area (Å²) in [5.41, 5.74) is 2.09. The number of carbonyl (C=O) groups is 1. The number of hydrogen-bond acceptors (Lipinski definition) is 4. The third-order valence-electron chi connectivity index (χ3n) is 3.07. The molecular weight excluding hydrogens is 242 g/mol. The number of hydrogen-bond donors (Lipinski definition) is 1. The summed E-state index contributed by atoms with van der Waals surface area (Å²) in [6.07, 6.45) is 6.76. The van der Waals surface area contributed by atoms with E-state index in [2.05, 4.69) is 16.1 Å². The SMILES string of the molecule is C#CCn1cnc2c1C(=O)c1ccccc1/C2=N\O. The van der Waals surface area contributed by atoms with Gasteiger partial charge in [-0.3, -0.25) is 4.79 Å². The number of nitrogens with zero attached hydrogens (tertiary/aromatic N) is 3. The van der Waals surface area contributed by atoms with E-state index in [9.17, 15) is 10.0 Å². The van der Waals surface area contributed by atoms with E-state index in [-0.39, 0.29) is 12.3 Å². The van der Waals surface area contributed by atoms with E-state index in [1.165, 1.54) is 6.33 Å². The molecule has 1 aromatic heterocycles. The summed E-state index contributed by atoms with van der Waals surface area (Å²) in [5.74, 6) is 2.30. The lowest BCUT2D eigenvalue weighted by Gasteiger charge is -2.16. The Balaban J connectivity index is 2.30. The molecule has 0 spiro atoms. The largest absolute Gasteiger partial charge is 0.410 e. The van der Waals surface area contributed by atoms with Crippen molar-refractivity contribution in [2.45, 2.75) is 6.54 Å². The second kappa shape index (κ2) is 4.10. The second-order valence-corrected chi connectivity index (χ2v) is 4.10. The summed E-state index contributed by atoms with van der Waals surface area (Å²) in [4.78, 5) is 16.6. The molecule has 0 aliphatic heterocycles. The van der Waals surface area contributed by atoms with Crippen LogP contribution < -0.4 is 0 Å². The quantitative estimate of drug-likeness (QED) is 0.402. The minimum atomic E-state index is -0.161. The van der Waals surface area contributed by atoms with Gasteiger partial charge in [-0.05, 0) is 0 Å². The molecule has 1 aliphatic rings. The zero-order chi connectivity index (χ0) is 13.4. The van der Waals surface area contributed by atoms with Gasteiger partial charge in [0, 0.05) is 11.1 Å². The van der Waals surface area contributed by atoms with Crippen LogP contribution >= 0.6 is 0 Å². The number of rotatable bonds is 1. The molecule has 0 fully saturated rings. The standard InChI is InChI=1S/C14H9N3O2/c1-2-7-17-8-15-12-11(16-19)9-5-3-4-6-10(9)14(18)13(12)17/h1,3-6,8,19H,7H2/b16-11+. The van der Waals surface area contributed by atoms with Crippen LogP contribution in [0.4, 0.5) is 0 Å². The van der Waals surface area contributed by atoms with Crippen molar-refractivity contribution in [3.8, 4) is 12.3 Å².